The van der Waals surface area contributed by atoms with Crippen molar-refractivity contribution >= 4 is 5.96 Å². The van der Waals surface area contributed by atoms with E-state index in [9.17, 15) is 4.39 Å². The second kappa shape index (κ2) is 9.55. The lowest BCUT2D eigenvalue weighted by molar-refractivity contribution is 0.597. The molecule has 23 heavy (non-hydrogen) atoms. The Bertz CT molecular complexity index is 596. The minimum atomic E-state index is -0.196. The molecular formula is C16H23FN6. The number of benzene rings is 1. The van der Waals surface area contributed by atoms with Crippen molar-refractivity contribution in [2.24, 2.45) is 4.99 Å². The maximum Gasteiger partial charge on any atom is 0.190 e. The maximum absolute atomic E-state index is 13.1. The first-order chi connectivity index (χ1) is 11.3. The quantitative estimate of drug-likeness (QED) is 0.441. The van der Waals surface area contributed by atoms with Crippen LogP contribution in [0.2, 0.25) is 0 Å². The number of nitrogens with zero attached hydrogens (tertiary/aromatic N) is 4. The highest BCUT2D eigenvalue weighted by Crippen LogP contribution is 2.03. The summed E-state index contributed by atoms with van der Waals surface area (Å²) in [5, 5.41) is 14.0. The van der Waals surface area contributed by atoms with Crippen molar-refractivity contribution in [3.05, 3.63) is 48.3 Å². The lowest BCUT2D eigenvalue weighted by Crippen LogP contribution is -2.38. The van der Waals surface area contributed by atoms with E-state index in [4.69, 9.17) is 0 Å². The Morgan fingerprint density at radius 1 is 1.17 bits per heavy atom. The summed E-state index contributed by atoms with van der Waals surface area (Å²) >= 11 is 0. The van der Waals surface area contributed by atoms with Crippen LogP contribution < -0.4 is 10.6 Å². The molecule has 0 saturated carbocycles. The molecule has 124 valence electrons. The first kappa shape index (κ1) is 16.9. The third kappa shape index (κ3) is 6.46. The van der Waals surface area contributed by atoms with Gasteiger partial charge in [-0.15, -0.1) is 10.2 Å². The number of nitrogens with one attached hydrogen (secondary N) is 2. The number of aromatic nitrogens is 3. The average Bonchev–Trinajstić information content (AvgIpc) is 3.06. The highest BCUT2D eigenvalue weighted by atomic mass is 19.1. The molecule has 0 atom stereocenters. The molecule has 2 N–H and O–H groups in total. The van der Waals surface area contributed by atoms with E-state index in [1.54, 1.807) is 31.8 Å². The minimum absolute atomic E-state index is 0.196. The van der Waals surface area contributed by atoms with Crippen molar-refractivity contribution in [2.75, 3.05) is 20.1 Å². The zero-order valence-electron chi connectivity index (χ0n) is 13.4. The van der Waals surface area contributed by atoms with Crippen molar-refractivity contribution in [1.29, 1.82) is 0 Å². The summed E-state index contributed by atoms with van der Waals surface area (Å²) in [6, 6.07) is 6.67. The SMILES string of the molecule is CN=C(NCCCCn1cnnc1)NCCc1cccc(F)c1. The van der Waals surface area contributed by atoms with Crippen LogP contribution in [0.3, 0.4) is 0 Å². The van der Waals surface area contributed by atoms with Gasteiger partial charge in [0.25, 0.3) is 0 Å². The molecule has 1 aromatic heterocycles. The van der Waals surface area contributed by atoms with Crippen molar-refractivity contribution in [1.82, 2.24) is 25.4 Å². The molecule has 2 aromatic rings. The molecule has 0 spiro atoms. The van der Waals surface area contributed by atoms with E-state index in [-0.39, 0.29) is 5.82 Å². The van der Waals surface area contributed by atoms with Crippen LogP contribution in [-0.2, 0) is 13.0 Å². The van der Waals surface area contributed by atoms with Gasteiger partial charge in [-0.25, -0.2) is 4.39 Å². The monoisotopic (exact) mass is 318 g/mol. The van der Waals surface area contributed by atoms with Crippen molar-refractivity contribution in [3.63, 3.8) is 0 Å². The van der Waals surface area contributed by atoms with Crippen molar-refractivity contribution < 1.29 is 4.39 Å². The molecule has 7 heteroatoms. The van der Waals surface area contributed by atoms with E-state index < -0.39 is 0 Å². The summed E-state index contributed by atoms with van der Waals surface area (Å²) in [6.45, 7) is 2.48. The lowest BCUT2D eigenvalue weighted by atomic mass is 10.1. The number of guanidine groups is 1. The number of aliphatic imine (C=N–C) groups is 1. The standard InChI is InChI=1S/C16H23FN6/c1-18-16(19-8-2-3-10-23-12-21-22-13-23)20-9-7-14-5-4-6-15(17)11-14/h4-6,11-13H,2-3,7-10H2,1H3,(H2,18,19,20). The van der Waals surface area contributed by atoms with Gasteiger partial charge in [0.1, 0.15) is 18.5 Å². The highest BCUT2D eigenvalue weighted by molar-refractivity contribution is 5.79. The van der Waals surface area contributed by atoms with Crippen LogP contribution in [0.25, 0.3) is 0 Å². The Labute approximate surface area is 135 Å². The van der Waals surface area contributed by atoms with Crippen LogP contribution in [0.1, 0.15) is 18.4 Å². The molecule has 0 amide bonds. The second-order valence-electron chi connectivity index (χ2n) is 5.21. The Hall–Kier alpha value is -2.44. The molecule has 0 unspecified atom stereocenters. The van der Waals surface area contributed by atoms with E-state index in [2.05, 4.69) is 25.8 Å². The second-order valence-corrected chi connectivity index (χ2v) is 5.21. The van der Waals surface area contributed by atoms with E-state index in [0.717, 1.165) is 43.9 Å². The molecule has 1 heterocycles. The number of rotatable bonds is 8. The molecule has 0 fully saturated rings. The Balaban J connectivity index is 1.58. The minimum Gasteiger partial charge on any atom is -0.356 e. The lowest BCUT2D eigenvalue weighted by Gasteiger charge is -2.12. The number of hydrogen-bond acceptors (Lipinski definition) is 3. The largest absolute Gasteiger partial charge is 0.356 e. The number of hydrogen-bond donors (Lipinski definition) is 2. The fraction of sp³-hybridized carbons (Fsp3) is 0.438. The van der Waals surface area contributed by atoms with Gasteiger partial charge in [0.15, 0.2) is 5.96 Å². The summed E-state index contributed by atoms with van der Waals surface area (Å²) in [5.74, 6) is 0.573. The molecule has 0 aliphatic carbocycles. The predicted octanol–water partition coefficient (Wildman–Crippen LogP) is 1.61. The van der Waals surface area contributed by atoms with Gasteiger partial charge in [0.2, 0.25) is 0 Å². The van der Waals surface area contributed by atoms with E-state index in [1.165, 1.54) is 6.07 Å². The molecule has 0 aliphatic rings. The molecule has 0 aliphatic heterocycles. The van der Waals surface area contributed by atoms with E-state index in [1.807, 2.05) is 10.6 Å². The summed E-state index contributed by atoms with van der Waals surface area (Å²) < 4.78 is 15.1. The summed E-state index contributed by atoms with van der Waals surface area (Å²) in [7, 11) is 1.74. The molecule has 0 bridgehead atoms. The first-order valence-electron chi connectivity index (χ1n) is 7.79. The summed E-state index contributed by atoms with van der Waals surface area (Å²) in [4.78, 5) is 4.18. The Kier molecular flexibility index (Phi) is 7.03. The Morgan fingerprint density at radius 2 is 1.96 bits per heavy atom. The number of aryl methyl sites for hydroxylation is 1. The smallest absolute Gasteiger partial charge is 0.190 e. The van der Waals surface area contributed by atoms with Gasteiger partial charge >= 0.3 is 0 Å². The fourth-order valence-corrected chi connectivity index (χ4v) is 2.20. The van der Waals surface area contributed by atoms with E-state index in [0.29, 0.717) is 6.54 Å². The highest BCUT2D eigenvalue weighted by Gasteiger charge is 1.99. The molecular weight excluding hydrogens is 295 g/mol. The summed E-state index contributed by atoms with van der Waals surface area (Å²) in [6.07, 6.45) is 6.28. The third-order valence-electron chi connectivity index (χ3n) is 3.42. The van der Waals surface area contributed by atoms with Gasteiger partial charge in [-0.05, 0) is 37.0 Å². The third-order valence-corrected chi connectivity index (χ3v) is 3.42. The molecule has 0 saturated heterocycles. The predicted molar refractivity (Wildman–Crippen MR) is 88.7 cm³/mol. The first-order valence-corrected chi connectivity index (χ1v) is 7.79. The van der Waals surface area contributed by atoms with Gasteiger partial charge in [-0.1, -0.05) is 12.1 Å². The molecule has 0 radical (unpaired) electrons. The van der Waals surface area contributed by atoms with E-state index >= 15 is 0 Å². The van der Waals surface area contributed by atoms with Crippen LogP contribution in [0, 0.1) is 5.82 Å². The van der Waals surface area contributed by atoms with Gasteiger partial charge in [-0.3, -0.25) is 4.99 Å². The van der Waals surface area contributed by atoms with Gasteiger partial charge in [0.05, 0.1) is 0 Å². The van der Waals surface area contributed by atoms with Crippen molar-refractivity contribution in [3.8, 4) is 0 Å². The summed E-state index contributed by atoms with van der Waals surface area (Å²) in [5.41, 5.74) is 0.974. The van der Waals surface area contributed by atoms with Crippen LogP contribution in [0.4, 0.5) is 4.39 Å². The van der Waals surface area contributed by atoms with Crippen LogP contribution in [0.15, 0.2) is 41.9 Å². The van der Waals surface area contributed by atoms with Gasteiger partial charge in [0, 0.05) is 26.7 Å². The maximum atomic E-state index is 13.1. The van der Waals surface area contributed by atoms with Crippen LogP contribution >= 0.6 is 0 Å². The zero-order valence-corrected chi connectivity index (χ0v) is 13.4. The topological polar surface area (TPSA) is 67.1 Å². The van der Waals surface area contributed by atoms with Crippen LogP contribution in [0.5, 0.6) is 0 Å². The van der Waals surface area contributed by atoms with Gasteiger partial charge in [-0.2, -0.15) is 0 Å². The Morgan fingerprint density at radius 3 is 2.70 bits per heavy atom. The molecule has 2 rings (SSSR count). The fourth-order valence-electron chi connectivity index (χ4n) is 2.20. The normalized spacial score (nSPS) is 11.5. The zero-order chi connectivity index (χ0) is 16.3. The molecule has 1 aromatic carbocycles. The van der Waals surface area contributed by atoms with Gasteiger partial charge < -0.3 is 15.2 Å². The average molecular weight is 318 g/mol. The molecule has 6 nitrogen and oxygen atoms in total. The number of unbranched alkanes of at least 4 members (excludes halogenated alkanes) is 1. The van der Waals surface area contributed by atoms with Crippen molar-refractivity contribution in [2.45, 2.75) is 25.8 Å². The number of halogens is 1. The van der Waals surface area contributed by atoms with Crippen LogP contribution in [-0.4, -0.2) is 40.9 Å².